The van der Waals surface area contributed by atoms with Crippen molar-refractivity contribution in [1.82, 2.24) is 5.32 Å². The third kappa shape index (κ3) is 3.02. The molecule has 20 heavy (non-hydrogen) atoms. The van der Waals surface area contributed by atoms with Gasteiger partial charge in [0.2, 0.25) is 0 Å². The number of halogens is 1. The molecule has 2 rings (SSSR count). The topological polar surface area (TPSA) is 55.1 Å². The first-order valence-electron chi connectivity index (χ1n) is 6.41. The van der Waals surface area contributed by atoms with E-state index in [9.17, 15) is 4.79 Å². The van der Waals surface area contributed by atoms with Gasteiger partial charge >= 0.3 is 0 Å². The molecule has 3 nitrogen and oxygen atoms in total. The highest BCUT2D eigenvalue weighted by Gasteiger charge is 2.15. The first kappa shape index (κ1) is 14.6. The molecule has 0 aliphatic rings. The first-order valence-corrected chi connectivity index (χ1v) is 7.20. The fourth-order valence-electron chi connectivity index (χ4n) is 2.08. The molecule has 2 aromatic carbocycles. The summed E-state index contributed by atoms with van der Waals surface area (Å²) in [4.78, 5) is 12.3. The number of amides is 1. The highest BCUT2D eigenvalue weighted by atomic mass is 79.9. The average molecular weight is 333 g/mol. The largest absolute Gasteiger partial charge is 0.398 e. The van der Waals surface area contributed by atoms with Crippen LogP contribution in [0.15, 0.2) is 46.9 Å². The Labute approximate surface area is 127 Å². The molecule has 0 aliphatic heterocycles. The van der Waals surface area contributed by atoms with E-state index in [2.05, 4.69) is 21.2 Å². The number of nitrogens with two attached hydrogens (primary N) is 1. The molecular weight excluding hydrogens is 316 g/mol. The van der Waals surface area contributed by atoms with Gasteiger partial charge in [-0.1, -0.05) is 40.2 Å². The SMILES string of the molecule is Cc1c(N)cccc1C(=O)N[C@@H](C)c1ccccc1Br. The van der Waals surface area contributed by atoms with Gasteiger partial charge in [0.25, 0.3) is 5.91 Å². The van der Waals surface area contributed by atoms with Crippen LogP contribution in [0.2, 0.25) is 0 Å². The Morgan fingerprint density at radius 2 is 1.90 bits per heavy atom. The van der Waals surface area contributed by atoms with Gasteiger partial charge in [-0.3, -0.25) is 4.79 Å². The van der Waals surface area contributed by atoms with Gasteiger partial charge in [0.1, 0.15) is 0 Å². The number of rotatable bonds is 3. The monoisotopic (exact) mass is 332 g/mol. The molecule has 0 radical (unpaired) electrons. The maximum Gasteiger partial charge on any atom is 0.252 e. The van der Waals surface area contributed by atoms with Crippen LogP contribution in [0.4, 0.5) is 5.69 Å². The Balaban J connectivity index is 2.20. The Morgan fingerprint density at radius 1 is 1.20 bits per heavy atom. The average Bonchev–Trinajstić information content (AvgIpc) is 2.42. The zero-order chi connectivity index (χ0) is 14.7. The lowest BCUT2D eigenvalue weighted by Crippen LogP contribution is -2.27. The molecule has 2 aromatic rings. The number of carbonyl (C=O) groups excluding carboxylic acids is 1. The Morgan fingerprint density at radius 3 is 2.60 bits per heavy atom. The molecule has 0 bridgehead atoms. The Hall–Kier alpha value is -1.81. The summed E-state index contributed by atoms with van der Waals surface area (Å²) in [5.74, 6) is -0.113. The van der Waals surface area contributed by atoms with Crippen LogP contribution in [0, 0.1) is 6.92 Å². The molecule has 0 spiro atoms. The highest BCUT2D eigenvalue weighted by molar-refractivity contribution is 9.10. The number of anilines is 1. The Kier molecular flexibility index (Phi) is 4.45. The van der Waals surface area contributed by atoms with Crippen molar-refractivity contribution in [1.29, 1.82) is 0 Å². The summed E-state index contributed by atoms with van der Waals surface area (Å²) in [6.45, 7) is 3.81. The van der Waals surface area contributed by atoms with Gasteiger partial charge < -0.3 is 11.1 Å². The molecule has 0 heterocycles. The van der Waals surface area contributed by atoms with Crippen molar-refractivity contribution in [2.45, 2.75) is 19.9 Å². The van der Waals surface area contributed by atoms with E-state index in [0.29, 0.717) is 11.3 Å². The van der Waals surface area contributed by atoms with Crippen LogP contribution in [0.1, 0.15) is 34.5 Å². The van der Waals surface area contributed by atoms with E-state index < -0.39 is 0 Å². The predicted octanol–water partition coefficient (Wildman–Crippen LogP) is 3.83. The van der Waals surface area contributed by atoms with E-state index in [1.54, 1.807) is 18.2 Å². The fourth-order valence-corrected chi connectivity index (χ4v) is 2.71. The highest BCUT2D eigenvalue weighted by Crippen LogP contribution is 2.23. The van der Waals surface area contributed by atoms with Crippen molar-refractivity contribution >= 4 is 27.5 Å². The van der Waals surface area contributed by atoms with E-state index in [1.165, 1.54) is 0 Å². The summed E-state index contributed by atoms with van der Waals surface area (Å²) in [6, 6.07) is 13.1. The number of nitrogens with one attached hydrogen (secondary N) is 1. The summed E-state index contributed by atoms with van der Waals surface area (Å²) in [7, 11) is 0. The van der Waals surface area contributed by atoms with Crippen molar-refractivity contribution in [2.75, 3.05) is 5.73 Å². The standard InChI is InChI=1S/C16H17BrN2O/c1-10-12(7-5-9-15(10)18)16(20)19-11(2)13-6-3-4-8-14(13)17/h3-9,11H,18H2,1-2H3,(H,19,20)/t11-/m0/s1. The maximum atomic E-state index is 12.3. The molecule has 4 heteroatoms. The number of hydrogen-bond donors (Lipinski definition) is 2. The molecule has 0 aliphatic carbocycles. The third-order valence-electron chi connectivity index (χ3n) is 3.34. The van der Waals surface area contributed by atoms with Gasteiger partial charge in [-0.25, -0.2) is 0 Å². The summed E-state index contributed by atoms with van der Waals surface area (Å²) < 4.78 is 0.983. The molecule has 0 saturated carbocycles. The van der Waals surface area contributed by atoms with Crippen molar-refractivity contribution in [3.05, 3.63) is 63.6 Å². The minimum Gasteiger partial charge on any atom is -0.398 e. The second kappa shape index (κ2) is 6.09. The van der Waals surface area contributed by atoms with Crippen molar-refractivity contribution in [3.63, 3.8) is 0 Å². The molecule has 0 fully saturated rings. The number of nitrogen functional groups attached to an aromatic ring is 1. The summed E-state index contributed by atoms with van der Waals surface area (Å²) in [6.07, 6.45) is 0. The molecule has 0 aromatic heterocycles. The van der Waals surface area contributed by atoms with Gasteiger partial charge in [0.05, 0.1) is 6.04 Å². The normalized spacial score (nSPS) is 11.9. The summed E-state index contributed by atoms with van der Waals surface area (Å²) >= 11 is 3.50. The zero-order valence-electron chi connectivity index (χ0n) is 11.5. The van der Waals surface area contributed by atoms with Crippen LogP contribution in [0.5, 0.6) is 0 Å². The summed E-state index contributed by atoms with van der Waals surface area (Å²) in [5.41, 5.74) is 8.94. The molecule has 0 unspecified atom stereocenters. The van der Waals surface area contributed by atoms with Gasteiger partial charge in [0, 0.05) is 15.7 Å². The molecular formula is C16H17BrN2O. The lowest BCUT2D eigenvalue weighted by atomic mass is 10.0. The Bertz CT molecular complexity index is 640. The number of hydrogen-bond acceptors (Lipinski definition) is 2. The minimum atomic E-state index is -0.113. The molecule has 1 atom stereocenters. The second-order valence-electron chi connectivity index (χ2n) is 4.74. The quantitative estimate of drug-likeness (QED) is 0.839. The van der Waals surface area contributed by atoms with Crippen molar-refractivity contribution < 1.29 is 4.79 Å². The van der Waals surface area contributed by atoms with E-state index in [1.807, 2.05) is 38.1 Å². The van der Waals surface area contributed by atoms with Gasteiger partial charge in [-0.15, -0.1) is 0 Å². The molecule has 0 saturated heterocycles. The molecule has 104 valence electrons. The van der Waals surface area contributed by atoms with Crippen LogP contribution < -0.4 is 11.1 Å². The fraction of sp³-hybridized carbons (Fsp3) is 0.188. The number of carbonyl (C=O) groups is 1. The van der Waals surface area contributed by atoms with E-state index in [4.69, 9.17) is 5.73 Å². The van der Waals surface area contributed by atoms with Crippen LogP contribution >= 0.6 is 15.9 Å². The minimum absolute atomic E-state index is 0.0843. The molecule has 3 N–H and O–H groups in total. The van der Waals surface area contributed by atoms with E-state index in [0.717, 1.165) is 15.6 Å². The summed E-state index contributed by atoms with van der Waals surface area (Å²) in [5, 5.41) is 3.00. The zero-order valence-corrected chi connectivity index (χ0v) is 13.1. The van der Waals surface area contributed by atoms with E-state index >= 15 is 0 Å². The number of benzene rings is 2. The second-order valence-corrected chi connectivity index (χ2v) is 5.59. The lowest BCUT2D eigenvalue weighted by Gasteiger charge is -2.17. The molecule has 1 amide bonds. The van der Waals surface area contributed by atoms with Crippen LogP contribution in [0.25, 0.3) is 0 Å². The lowest BCUT2D eigenvalue weighted by molar-refractivity contribution is 0.0939. The van der Waals surface area contributed by atoms with Crippen LogP contribution in [-0.4, -0.2) is 5.91 Å². The smallest absolute Gasteiger partial charge is 0.252 e. The third-order valence-corrected chi connectivity index (χ3v) is 4.06. The predicted molar refractivity (Wildman–Crippen MR) is 85.6 cm³/mol. The van der Waals surface area contributed by atoms with Gasteiger partial charge in [0.15, 0.2) is 0 Å². The van der Waals surface area contributed by atoms with Gasteiger partial charge in [-0.2, -0.15) is 0 Å². The van der Waals surface area contributed by atoms with Crippen LogP contribution in [-0.2, 0) is 0 Å². The van der Waals surface area contributed by atoms with Crippen molar-refractivity contribution in [2.24, 2.45) is 0 Å². The first-order chi connectivity index (χ1) is 9.50. The maximum absolute atomic E-state index is 12.3. The van der Waals surface area contributed by atoms with E-state index in [-0.39, 0.29) is 11.9 Å². The van der Waals surface area contributed by atoms with Gasteiger partial charge in [-0.05, 0) is 43.2 Å². The van der Waals surface area contributed by atoms with Crippen molar-refractivity contribution in [3.8, 4) is 0 Å². The van der Waals surface area contributed by atoms with Crippen LogP contribution in [0.3, 0.4) is 0 Å².